The predicted molar refractivity (Wildman–Crippen MR) is 54.0 cm³/mol. The number of ether oxygens (including phenoxy) is 2. The Labute approximate surface area is 90.8 Å². The molecule has 16 heavy (non-hydrogen) atoms. The Kier molecular flexibility index (Phi) is 1.93. The van der Waals surface area contributed by atoms with Gasteiger partial charge in [0.05, 0.1) is 5.22 Å². The van der Waals surface area contributed by atoms with Crippen LogP contribution in [0.4, 0.5) is 8.78 Å². The molecule has 0 N–H and O–H groups in total. The minimum absolute atomic E-state index is 0.172. The molecule has 1 heterocycles. The van der Waals surface area contributed by atoms with Crippen molar-refractivity contribution in [1.82, 2.24) is 0 Å². The Balaban J connectivity index is 2.14. The summed E-state index contributed by atoms with van der Waals surface area (Å²) in [4.78, 5) is 0. The SMILES string of the molecule is FC1(F)OC=c2c(cccc2=CC2CC2)O1. The first kappa shape index (κ1) is 9.63. The molecule has 1 aliphatic carbocycles. The van der Waals surface area contributed by atoms with Gasteiger partial charge in [-0.3, -0.25) is 0 Å². The van der Waals surface area contributed by atoms with E-state index in [0.29, 0.717) is 11.1 Å². The third kappa shape index (κ3) is 1.75. The third-order valence-electron chi connectivity index (χ3n) is 2.68. The molecule has 0 amide bonds. The van der Waals surface area contributed by atoms with Gasteiger partial charge in [0.25, 0.3) is 0 Å². The molecular formula is C12H10F2O2. The van der Waals surface area contributed by atoms with E-state index in [1.807, 2.05) is 6.07 Å². The van der Waals surface area contributed by atoms with Crippen molar-refractivity contribution in [3.8, 4) is 5.75 Å². The molecule has 1 aromatic rings. The van der Waals surface area contributed by atoms with Crippen molar-refractivity contribution < 1.29 is 18.3 Å². The molecular weight excluding hydrogens is 214 g/mol. The van der Waals surface area contributed by atoms with Gasteiger partial charge in [-0.25, -0.2) is 0 Å². The summed E-state index contributed by atoms with van der Waals surface area (Å²) >= 11 is 0. The zero-order chi connectivity index (χ0) is 11.2. The molecule has 1 aromatic carbocycles. The van der Waals surface area contributed by atoms with Crippen LogP contribution < -0.4 is 15.2 Å². The molecule has 2 nitrogen and oxygen atoms in total. The maximum atomic E-state index is 12.8. The number of fused-ring (bicyclic) bond motifs is 1. The summed E-state index contributed by atoms with van der Waals surface area (Å²) in [6.07, 6.45) is 1.94. The molecule has 4 heteroatoms. The highest BCUT2D eigenvalue weighted by Gasteiger charge is 2.37. The van der Waals surface area contributed by atoms with Gasteiger partial charge in [0.15, 0.2) is 0 Å². The lowest BCUT2D eigenvalue weighted by Gasteiger charge is -2.20. The van der Waals surface area contributed by atoms with E-state index in [1.54, 1.807) is 6.07 Å². The van der Waals surface area contributed by atoms with Crippen LogP contribution >= 0.6 is 0 Å². The zero-order valence-corrected chi connectivity index (χ0v) is 8.45. The molecule has 0 saturated heterocycles. The average Bonchev–Trinajstić information content (AvgIpc) is 3.00. The van der Waals surface area contributed by atoms with E-state index in [4.69, 9.17) is 0 Å². The molecule has 0 atom stereocenters. The quantitative estimate of drug-likeness (QED) is 0.721. The van der Waals surface area contributed by atoms with Crippen molar-refractivity contribution in [3.63, 3.8) is 0 Å². The summed E-state index contributed by atoms with van der Waals surface area (Å²) in [6, 6.07) is 5.11. The van der Waals surface area contributed by atoms with E-state index in [9.17, 15) is 8.78 Å². The van der Waals surface area contributed by atoms with E-state index in [1.165, 1.54) is 18.9 Å². The molecule has 1 saturated carbocycles. The first-order valence-corrected chi connectivity index (χ1v) is 5.20. The van der Waals surface area contributed by atoms with Crippen LogP contribution in [0, 0.1) is 5.92 Å². The van der Waals surface area contributed by atoms with Gasteiger partial charge in [-0.05, 0) is 30.0 Å². The van der Waals surface area contributed by atoms with Gasteiger partial charge in [0.2, 0.25) is 0 Å². The van der Waals surface area contributed by atoms with E-state index in [-0.39, 0.29) is 5.75 Å². The molecule has 84 valence electrons. The Morgan fingerprint density at radius 3 is 2.88 bits per heavy atom. The molecule has 1 aliphatic heterocycles. The number of hydrogen-bond donors (Lipinski definition) is 0. The lowest BCUT2D eigenvalue weighted by molar-refractivity contribution is -0.324. The number of benzene rings is 1. The fourth-order valence-electron chi connectivity index (χ4n) is 1.72. The number of rotatable bonds is 1. The molecule has 0 aromatic heterocycles. The predicted octanol–water partition coefficient (Wildman–Crippen LogP) is 1.57. The fraction of sp³-hybridized carbons (Fsp3) is 0.333. The lowest BCUT2D eigenvalue weighted by Crippen LogP contribution is -2.38. The van der Waals surface area contributed by atoms with Gasteiger partial charge in [-0.15, -0.1) is 8.78 Å². The van der Waals surface area contributed by atoms with Crippen LogP contribution in [0.5, 0.6) is 5.75 Å². The summed E-state index contributed by atoms with van der Waals surface area (Å²) in [5.41, 5.74) is 0. The van der Waals surface area contributed by atoms with Crippen LogP contribution in [-0.2, 0) is 4.74 Å². The van der Waals surface area contributed by atoms with Crippen molar-refractivity contribution in [2.24, 2.45) is 5.92 Å². The highest BCUT2D eigenvalue weighted by molar-refractivity contribution is 5.40. The molecule has 0 unspecified atom stereocenters. The Morgan fingerprint density at radius 1 is 1.31 bits per heavy atom. The lowest BCUT2D eigenvalue weighted by atomic mass is 10.2. The van der Waals surface area contributed by atoms with Gasteiger partial charge >= 0.3 is 6.29 Å². The summed E-state index contributed by atoms with van der Waals surface area (Å²) in [5, 5.41) is 1.50. The van der Waals surface area contributed by atoms with Gasteiger partial charge in [-0.2, -0.15) is 0 Å². The normalized spacial score (nSPS) is 22.8. The Bertz CT molecular complexity index is 532. The highest BCUT2D eigenvalue weighted by atomic mass is 19.3. The molecule has 1 fully saturated rings. The smallest absolute Gasteiger partial charge is 0.406 e. The van der Waals surface area contributed by atoms with Crippen LogP contribution in [0.1, 0.15) is 12.8 Å². The van der Waals surface area contributed by atoms with Crippen LogP contribution in [0.25, 0.3) is 12.3 Å². The third-order valence-corrected chi connectivity index (χ3v) is 2.68. The van der Waals surface area contributed by atoms with Crippen LogP contribution in [0.2, 0.25) is 0 Å². The maximum Gasteiger partial charge on any atom is 0.585 e. The highest BCUT2D eigenvalue weighted by Crippen LogP contribution is 2.30. The first-order valence-electron chi connectivity index (χ1n) is 5.20. The molecule has 2 aliphatic rings. The zero-order valence-electron chi connectivity index (χ0n) is 8.45. The molecule has 0 bridgehead atoms. The average molecular weight is 224 g/mol. The second-order valence-corrected chi connectivity index (χ2v) is 4.06. The minimum atomic E-state index is -3.55. The summed E-state index contributed by atoms with van der Waals surface area (Å²) in [6.45, 7) is 0. The van der Waals surface area contributed by atoms with E-state index in [0.717, 1.165) is 11.5 Å². The molecule has 0 radical (unpaired) electrons. The van der Waals surface area contributed by atoms with Gasteiger partial charge in [0, 0.05) is 0 Å². The summed E-state index contributed by atoms with van der Waals surface area (Å²) in [5.74, 6) is 0.744. The largest absolute Gasteiger partial charge is 0.585 e. The fourth-order valence-corrected chi connectivity index (χ4v) is 1.72. The Hall–Kier alpha value is -1.58. The standard InChI is InChI=1S/C12H10F2O2/c13-12(14)15-7-10-9(6-8-4-5-8)2-1-3-11(10)16-12/h1-3,6-8H,4-5H2. The van der Waals surface area contributed by atoms with Crippen molar-refractivity contribution >= 4 is 12.3 Å². The summed E-state index contributed by atoms with van der Waals surface area (Å²) in [7, 11) is 0. The topological polar surface area (TPSA) is 18.5 Å². The second-order valence-electron chi connectivity index (χ2n) is 4.06. The second kappa shape index (κ2) is 3.20. The van der Waals surface area contributed by atoms with E-state index in [2.05, 4.69) is 15.5 Å². The number of hydrogen-bond acceptors (Lipinski definition) is 2. The number of alkyl halides is 2. The van der Waals surface area contributed by atoms with Gasteiger partial charge in [-0.1, -0.05) is 18.2 Å². The molecule has 0 spiro atoms. The van der Waals surface area contributed by atoms with Gasteiger partial charge < -0.3 is 9.47 Å². The minimum Gasteiger partial charge on any atom is -0.406 e. The first-order chi connectivity index (χ1) is 7.64. The van der Waals surface area contributed by atoms with Crippen molar-refractivity contribution in [2.45, 2.75) is 19.1 Å². The van der Waals surface area contributed by atoms with Gasteiger partial charge in [0.1, 0.15) is 12.0 Å². The van der Waals surface area contributed by atoms with Crippen LogP contribution in [0.3, 0.4) is 0 Å². The van der Waals surface area contributed by atoms with E-state index < -0.39 is 6.29 Å². The Morgan fingerprint density at radius 2 is 2.12 bits per heavy atom. The van der Waals surface area contributed by atoms with E-state index >= 15 is 0 Å². The maximum absolute atomic E-state index is 12.8. The van der Waals surface area contributed by atoms with Crippen LogP contribution in [-0.4, -0.2) is 6.29 Å². The van der Waals surface area contributed by atoms with Crippen molar-refractivity contribution in [2.75, 3.05) is 0 Å². The monoisotopic (exact) mass is 224 g/mol. The van der Waals surface area contributed by atoms with Crippen molar-refractivity contribution in [3.05, 3.63) is 28.6 Å². The summed E-state index contributed by atoms with van der Waals surface area (Å²) < 4.78 is 34.3. The van der Waals surface area contributed by atoms with Crippen molar-refractivity contribution in [1.29, 1.82) is 0 Å². The number of halogens is 2. The molecule has 3 rings (SSSR count). The van der Waals surface area contributed by atoms with Crippen LogP contribution in [0.15, 0.2) is 18.2 Å².